The summed E-state index contributed by atoms with van der Waals surface area (Å²) in [6, 6.07) is 15.2. The second-order valence-corrected chi connectivity index (χ2v) is 4.51. The first-order valence-electron chi connectivity index (χ1n) is 6.32. The van der Waals surface area contributed by atoms with Crippen LogP contribution in [-0.4, -0.2) is 11.7 Å². The molecule has 4 heteroatoms. The van der Waals surface area contributed by atoms with Gasteiger partial charge in [-0.3, -0.25) is 0 Å². The van der Waals surface area contributed by atoms with Gasteiger partial charge in [-0.1, -0.05) is 24.3 Å². The van der Waals surface area contributed by atoms with Crippen LogP contribution >= 0.6 is 0 Å². The topological polar surface area (TPSA) is 56.0 Å². The third-order valence-electron chi connectivity index (χ3n) is 2.98. The third-order valence-corrected chi connectivity index (χ3v) is 2.98. The molecule has 3 nitrogen and oxygen atoms in total. The van der Waals surface area contributed by atoms with Gasteiger partial charge in [0.25, 0.3) is 0 Å². The summed E-state index contributed by atoms with van der Waals surface area (Å²) in [5.41, 5.74) is 2.27. The van der Waals surface area contributed by atoms with Gasteiger partial charge < -0.3 is 10.4 Å². The lowest BCUT2D eigenvalue weighted by atomic mass is 10.1. The summed E-state index contributed by atoms with van der Waals surface area (Å²) in [7, 11) is 0. The molecule has 2 aromatic rings. The van der Waals surface area contributed by atoms with Gasteiger partial charge in [0.1, 0.15) is 5.82 Å². The summed E-state index contributed by atoms with van der Waals surface area (Å²) in [4.78, 5) is 0. The smallest absolute Gasteiger partial charge is 0.123 e. The van der Waals surface area contributed by atoms with Gasteiger partial charge in [0.2, 0.25) is 0 Å². The van der Waals surface area contributed by atoms with E-state index in [1.165, 1.54) is 12.1 Å². The van der Waals surface area contributed by atoms with Crippen LogP contribution in [0.15, 0.2) is 48.5 Å². The van der Waals surface area contributed by atoms with Gasteiger partial charge in [-0.2, -0.15) is 5.26 Å². The molecule has 1 unspecified atom stereocenters. The standard InChI is InChI=1S/C16H15FN2O/c17-15-6-4-14(5-7-15)16(20)11-19-10-13-3-1-2-12(8-13)9-18/h1-8,16,19-20H,10-11H2. The molecule has 0 heterocycles. The lowest BCUT2D eigenvalue weighted by molar-refractivity contribution is 0.174. The van der Waals surface area contributed by atoms with Gasteiger partial charge in [0.15, 0.2) is 0 Å². The molecule has 1 atom stereocenters. The van der Waals surface area contributed by atoms with Crippen molar-refractivity contribution in [1.82, 2.24) is 5.32 Å². The van der Waals surface area contributed by atoms with Crippen LogP contribution < -0.4 is 5.32 Å². The number of aliphatic hydroxyl groups is 1. The van der Waals surface area contributed by atoms with Crippen molar-refractivity contribution in [1.29, 1.82) is 5.26 Å². The molecule has 0 aliphatic rings. The average Bonchev–Trinajstić information content (AvgIpc) is 2.48. The quantitative estimate of drug-likeness (QED) is 0.877. The summed E-state index contributed by atoms with van der Waals surface area (Å²) < 4.78 is 12.8. The van der Waals surface area contributed by atoms with Gasteiger partial charge in [-0.15, -0.1) is 0 Å². The fraction of sp³-hybridized carbons (Fsp3) is 0.188. The molecule has 0 aliphatic carbocycles. The van der Waals surface area contributed by atoms with E-state index < -0.39 is 6.10 Å². The van der Waals surface area contributed by atoms with Crippen LogP contribution in [0.2, 0.25) is 0 Å². The van der Waals surface area contributed by atoms with Gasteiger partial charge >= 0.3 is 0 Å². The molecule has 0 spiro atoms. The maximum atomic E-state index is 12.8. The van der Waals surface area contributed by atoms with E-state index in [0.29, 0.717) is 24.2 Å². The van der Waals surface area contributed by atoms with E-state index in [1.807, 2.05) is 12.1 Å². The van der Waals surface area contributed by atoms with Crippen molar-refractivity contribution in [3.63, 3.8) is 0 Å². The van der Waals surface area contributed by atoms with Gasteiger partial charge in [-0.25, -0.2) is 4.39 Å². The maximum absolute atomic E-state index is 12.8. The minimum absolute atomic E-state index is 0.317. The van der Waals surface area contributed by atoms with Crippen molar-refractivity contribution in [2.45, 2.75) is 12.6 Å². The fourth-order valence-electron chi connectivity index (χ4n) is 1.91. The number of hydrogen-bond acceptors (Lipinski definition) is 3. The zero-order valence-corrected chi connectivity index (χ0v) is 10.9. The number of benzene rings is 2. The normalized spacial score (nSPS) is 11.8. The molecule has 0 aromatic heterocycles. The molecule has 0 bridgehead atoms. The molecule has 0 fully saturated rings. The number of halogens is 1. The summed E-state index contributed by atoms with van der Waals surface area (Å²) >= 11 is 0. The number of nitrogens with zero attached hydrogens (tertiary/aromatic N) is 1. The minimum atomic E-state index is -0.685. The lowest BCUT2D eigenvalue weighted by Crippen LogP contribution is -2.21. The third kappa shape index (κ3) is 3.89. The second kappa shape index (κ2) is 6.80. The Balaban J connectivity index is 1.86. The highest BCUT2D eigenvalue weighted by molar-refractivity contribution is 5.32. The van der Waals surface area contributed by atoms with Crippen LogP contribution in [0.5, 0.6) is 0 Å². The van der Waals surface area contributed by atoms with Crippen molar-refractivity contribution in [2.75, 3.05) is 6.54 Å². The maximum Gasteiger partial charge on any atom is 0.123 e. The summed E-state index contributed by atoms with van der Waals surface area (Å²) in [6.45, 7) is 0.927. The molecular formula is C16H15FN2O. The van der Waals surface area contributed by atoms with Crippen LogP contribution in [0, 0.1) is 17.1 Å². The van der Waals surface area contributed by atoms with E-state index in [9.17, 15) is 9.50 Å². The van der Waals surface area contributed by atoms with E-state index in [2.05, 4.69) is 11.4 Å². The van der Waals surface area contributed by atoms with Crippen LogP contribution in [0.4, 0.5) is 4.39 Å². The average molecular weight is 270 g/mol. The molecule has 0 saturated heterocycles. The Morgan fingerprint density at radius 1 is 1.20 bits per heavy atom. The van der Waals surface area contributed by atoms with E-state index in [4.69, 9.17) is 5.26 Å². The van der Waals surface area contributed by atoms with E-state index >= 15 is 0 Å². The number of aliphatic hydroxyl groups excluding tert-OH is 1. The minimum Gasteiger partial charge on any atom is -0.387 e. The van der Waals surface area contributed by atoms with Crippen LogP contribution in [0.3, 0.4) is 0 Å². The Morgan fingerprint density at radius 2 is 1.95 bits per heavy atom. The highest BCUT2D eigenvalue weighted by atomic mass is 19.1. The Hall–Kier alpha value is -2.22. The molecular weight excluding hydrogens is 255 g/mol. The van der Waals surface area contributed by atoms with Crippen molar-refractivity contribution in [3.05, 3.63) is 71.0 Å². The Kier molecular flexibility index (Phi) is 4.83. The highest BCUT2D eigenvalue weighted by Crippen LogP contribution is 2.12. The van der Waals surface area contributed by atoms with Gasteiger partial charge in [-0.05, 0) is 35.4 Å². The van der Waals surface area contributed by atoms with Crippen molar-refractivity contribution in [2.24, 2.45) is 0 Å². The molecule has 0 aliphatic heterocycles. The molecule has 0 saturated carbocycles. The molecule has 2 rings (SSSR count). The highest BCUT2D eigenvalue weighted by Gasteiger charge is 2.07. The summed E-state index contributed by atoms with van der Waals surface area (Å²) in [6.07, 6.45) is -0.685. The number of rotatable bonds is 5. The number of nitriles is 1. The van der Waals surface area contributed by atoms with Crippen molar-refractivity contribution >= 4 is 0 Å². The monoisotopic (exact) mass is 270 g/mol. The fourth-order valence-corrected chi connectivity index (χ4v) is 1.91. The Morgan fingerprint density at radius 3 is 2.65 bits per heavy atom. The molecule has 20 heavy (non-hydrogen) atoms. The lowest BCUT2D eigenvalue weighted by Gasteiger charge is -2.12. The molecule has 2 N–H and O–H groups in total. The van der Waals surface area contributed by atoms with Gasteiger partial charge in [0, 0.05) is 13.1 Å². The number of nitrogens with one attached hydrogen (secondary N) is 1. The zero-order valence-electron chi connectivity index (χ0n) is 10.9. The summed E-state index contributed by atoms with van der Waals surface area (Å²) in [5, 5.41) is 21.9. The number of hydrogen-bond donors (Lipinski definition) is 2. The molecule has 0 radical (unpaired) electrons. The summed E-state index contributed by atoms with van der Waals surface area (Å²) in [5.74, 6) is -0.317. The first-order chi connectivity index (χ1) is 9.69. The largest absolute Gasteiger partial charge is 0.387 e. The molecule has 102 valence electrons. The van der Waals surface area contributed by atoms with Crippen LogP contribution in [0.25, 0.3) is 0 Å². The van der Waals surface area contributed by atoms with Crippen LogP contribution in [-0.2, 0) is 6.54 Å². The molecule has 0 amide bonds. The van der Waals surface area contributed by atoms with Gasteiger partial charge in [0.05, 0.1) is 17.7 Å². The SMILES string of the molecule is N#Cc1cccc(CNCC(O)c2ccc(F)cc2)c1. The van der Waals surface area contributed by atoms with Crippen molar-refractivity contribution < 1.29 is 9.50 Å². The Labute approximate surface area is 117 Å². The van der Waals surface area contributed by atoms with Crippen molar-refractivity contribution in [3.8, 4) is 6.07 Å². The first-order valence-corrected chi connectivity index (χ1v) is 6.32. The van der Waals surface area contributed by atoms with E-state index in [-0.39, 0.29) is 5.82 Å². The zero-order chi connectivity index (χ0) is 14.4. The predicted molar refractivity (Wildman–Crippen MR) is 74.2 cm³/mol. The van der Waals surface area contributed by atoms with E-state index in [1.54, 1.807) is 24.3 Å². The molecule has 2 aromatic carbocycles. The predicted octanol–water partition coefficient (Wildman–Crippen LogP) is 2.52. The second-order valence-electron chi connectivity index (χ2n) is 4.51. The van der Waals surface area contributed by atoms with E-state index in [0.717, 1.165) is 5.56 Å². The Bertz CT molecular complexity index is 605. The van der Waals surface area contributed by atoms with Crippen LogP contribution in [0.1, 0.15) is 22.8 Å². The first kappa shape index (κ1) is 14.2.